The van der Waals surface area contributed by atoms with Crippen LogP contribution in [0, 0.1) is 11.7 Å². The monoisotopic (exact) mass is 334 g/mol. The summed E-state index contributed by atoms with van der Waals surface area (Å²) in [5.74, 6) is 0.00456. The molecule has 1 unspecified atom stereocenters. The van der Waals surface area contributed by atoms with Gasteiger partial charge in [-0.3, -0.25) is 0 Å². The summed E-state index contributed by atoms with van der Waals surface area (Å²) in [5, 5.41) is 10.2. The van der Waals surface area contributed by atoms with Gasteiger partial charge >= 0.3 is 0 Å². The molecule has 0 bridgehead atoms. The molecule has 1 aromatic rings. The molecule has 0 radical (unpaired) electrons. The summed E-state index contributed by atoms with van der Waals surface area (Å²) in [6.45, 7) is 0. The van der Waals surface area contributed by atoms with Gasteiger partial charge in [0.05, 0.1) is 11.1 Å². The number of halogens is 3. The van der Waals surface area contributed by atoms with E-state index in [1.807, 2.05) is 0 Å². The lowest BCUT2D eigenvalue weighted by Crippen LogP contribution is -2.12. The first-order chi connectivity index (χ1) is 8.59. The molecule has 1 fully saturated rings. The molecule has 1 aliphatic rings. The van der Waals surface area contributed by atoms with E-state index in [9.17, 15) is 9.50 Å². The average molecular weight is 336 g/mol. The van der Waals surface area contributed by atoms with Crippen LogP contribution in [0.1, 0.15) is 50.2 Å². The molecular weight excluding hydrogens is 319 g/mol. The van der Waals surface area contributed by atoms with E-state index in [1.54, 1.807) is 12.1 Å². The maximum absolute atomic E-state index is 13.9. The van der Waals surface area contributed by atoms with Crippen molar-refractivity contribution in [2.75, 3.05) is 0 Å². The summed E-state index contributed by atoms with van der Waals surface area (Å²) >= 11 is 9.01. The molecule has 0 aromatic heterocycles. The Bertz CT molecular complexity index is 419. The van der Waals surface area contributed by atoms with Gasteiger partial charge in [-0.1, -0.05) is 49.8 Å². The molecule has 1 nitrogen and oxygen atoms in total. The van der Waals surface area contributed by atoms with Gasteiger partial charge in [0.25, 0.3) is 0 Å². The molecular formula is C14H17BrClFO. The summed E-state index contributed by atoms with van der Waals surface area (Å²) in [7, 11) is 0. The van der Waals surface area contributed by atoms with Crippen molar-refractivity contribution in [1.29, 1.82) is 0 Å². The molecule has 0 aliphatic heterocycles. The van der Waals surface area contributed by atoms with Crippen LogP contribution >= 0.6 is 27.5 Å². The Hall–Kier alpha value is -0.120. The van der Waals surface area contributed by atoms with Gasteiger partial charge in [0, 0.05) is 10.0 Å². The van der Waals surface area contributed by atoms with Crippen molar-refractivity contribution in [1.82, 2.24) is 0 Å². The van der Waals surface area contributed by atoms with Crippen molar-refractivity contribution < 1.29 is 9.50 Å². The minimum atomic E-state index is -0.751. The minimum absolute atomic E-state index is 0.0511. The third kappa shape index (κ3) is 3.25. The fourth-order valence-corrected chi connectivity index (χ4v) is 3.14. The van der Waals surface area contributed by atoms with Crippen LogP contribution in [0.2, 0.25) is 5.02 Å². The molecule has 0 spiro atoms. The second-order valence-electron chi connectivity index (χ2n) is 5.02. The number of hydrogen-bond donors (Lipinski definition) is 1. The van der Waals surface area contributed by atoms with E-state index in [4.69, 9.17) is 11.6 Å². The van der Waals surface area contributed by atoms with Gasteiger partial charge in [0.2, 0.25) is 0 Å². The molecule has 0 amide bonds. The fraction of sp³-hybridized carbons (Fsp3) is 0.571. The van der Waals surface area contributed by atoms with Crippen LogP contribution in [0.3, 0.4) is 0 Å². The van der Waals surface area contributed by atoms with Gasteiger partial charge in [0.1, 0.15) is 5.82 Å². The summed E-state index contributed by atoms with van der Waals surface area (Å²) in [6.07, 6.45) is 5.90. The van der Waals surface area contributed by atoms with Gasteiger partial charge in [0.15, 0.2) is 0 Å². The first kappa shape index (κ1) is 14.3. The predicted molar refractivity (Wildman–Crippen MR) is 75.3 cm³/mol. The van der Waals surface area contributed by atoms with Gasteiger partial charge < -0.3 is 5.11 Å². The van der Waals surface area contributed by atoms with Crippen LogP contribution in [0.15, 0.2) is 16.6 Å². The summed E-state index contributed by atoms with van der Waals surface area (Å²) in [5.41, 5.74) is 0.314. The van der Waals surface area contributed by atoms with Crippen molar-refractivity contribution >= 4 is 27.5 Å². The van der Waals surface area contributed by atoms with Gasteiger partial charge in [-0.2, -0.15) is 0 Å². The Labute approximate surface area is 120 Å². The van der Waals surface area contributed by atoms with E-state index in [1.165, 1.54) is 19.3 Å². The molecule has 4 heteroatoms. The highest BCUT2D eigenvalue weighted by molar-refractivity contribution is 9.10. The minimum Gasteiger partial charge on any atom is -0.388 e. The van der Waals surface area contributed by atoms with E-state index in [2.05, 4.69) is 15.9 Å². The number of aliphatic hydroxyl groups is 1. The maximum atomic E-state index is 13.9. The molecule has 1 N–H and O–H groups in total. The van der Waals surface area contributed by atoms with Crippen molar-refractivity contribution in [3.63, 3.8) is 0 Å². The lowest BCUT2D eigenvalue weighted by molar-refractivity contribution is 0.128. The smallest absolute Gasteiger partial charge is 0.148 e. The number of benzene rings is 1. The Balaban J connectivity index is 2.08. The third-order valence-electron chi connectivity index (χ3n) is 3.71. The normalized spacial score (nSPS) is 18.9. The first-order valence-corrected chi connectivity index (χ1v) is 7.58. The van der Waals surface area contributed by atoms with Gasteiger partial charge in [-0.05, 0) is 34.3 Å². The number of hydrogen-bond acceptors (Lipinski definition) is 1. The Kier molecular flexibility index (Phi) is 5.05. The lowest BCUT2D eigenvalue weighted by Gasteiger charge is -2.24. The quantitative estimate of drug-likeness (QED) is 0.748. The largest absolute Gasteiger partial charge is 0.388 e. The molecule has 1 saturated carbocycles. The maximum Gasteiger partial charge on any atom is 0.148 e. The Morgan fingerprint density at radius 3 is 2.67 bits per heavy atom. The SMILES string of the molecule is OC(CC1CCCCC1)c1ccc(Br)c(Cl)c1F. The molecule has 18 heavy (non-hydrogen) atoms. The number of rotatable bonds is 3. The molecule has 1 aliphatic carbocycles. The van der Waals surface area contributed by atoms with Crippen LogP contribution in [-0.4, -0.2) is 5.11 Å². The van der Waals surface area contributed by atoms with E-state index in [-0.39, 0.29) is 5.02 Å². The van der Waals surface area contributed by atoms with E-state index in [0.717, 1.165) is 12.8 Å². The molecule has 100 valence electrons. The van der Waals surface area contributed by atoms with E-state index in [0.29, 0.717) is 22.4 Å². The molecule has 1 aromatic carbocycles. The molecule has 0 heterocycles. The molecule has 2 rings (SSSR count). The zero-order valence-corrected chi connectivity index (χ0v) is 12.5. The third-order valence-corrected chi connectivity index (χ3v) is 4.96. The van der Waals surface area contributed by atoms with Crippen molar-refractivity contribution in [3.05, 3.63) is 33.0 Å². The van der Waals surface area contributed by atoms with Gasteiger partial charge in [-0.25, -0.2) is 4.39 Å². The van der Waals surface area contributed by atoms with Gasteiger partial charge in [-0.15, -0.1) is 0 Å². The van der Waals surface area contributed by atoms with Crippen molar-refractivity contribution in [2.24, 2.45) is 5.92 Å². The summed E-state index contributed by atoms with van der Waals surface area (Å²) in [6, 6.07) is 3.30. The Morgan fingerprint density at radius 1 is 1.33 bits per heavy atom. The zero-order chi connectivity index (χ0) is 13.1. The van der Waals surface area contributed by atoms with Crippen LogP contribution in [0.5, 0.6) is 0 Å². The number of aliphatic hydroxyl groups excluding tert-OH is 1. The fourth-order valence-electron chi connectivity index (χ4n) is 2.66. The predicted octanol–water partition coefficient (Wildman–Crippen LogP) is 5.25. The second-order valence-corrected chi connectivity index (χ2v) is 6.25. The highest BCUT2D eigenvalue weighted by Gasteiger charge is 2.22. The van der Waals surface area contributed by atoms with Crippen molar-refractivity contribution in [2.45, 2.75) is 44.6 Å². The highest BCUT2D eigenvalue weighted by Crippen LogP contribution is 2.35. The Morgan fingerprint density at radius 2 is 2.00 bits per heavy atom. The molecule has 0 saturated heterocycles. The second kappa shape index (κ2) is 6.36. The summed E-state index contributed by atoms with van der Waals surface area (Å²) in [4.78, 5) is 0. The zero-order valence-electron chi connectivity index (χ0n) is 10.1. The topological polar surface area (TPSA) is 20.2 Å². The van der Waals surface area contributed by atoms with Crippen LogP contribution in [0.4, 0.5) is 4.39 Å². The lowest BCUT2D eigenvalue weighted by atomic mass is 9.84. The standard InChI is InChI=1S/C14H17BrClFO/c15-11-7-6-10(14(17)13(11)16)12(18)8-9-4-2-1-3-5-9/h6-7,9,12,18H,1-5,8H2. The first-order valence-electron chi connectivity index (χ1n) is 6.41. The van der Waals surface area contributed by atoms with Crippen molar-refractivity contribution in [3.8, 4) is 0 Å². The highest BCUT2D eigenvalue weighted by atomic mass is 79.9. The van der Waals surface area contributed by atoms with Crippen LogP contribution < -0.4 is 0 Å². The van der Waals surface area contributed by atoms with Crippen LogP contribution in [-0.2, 0) is 0 Å². The summed E-state index contributed by atoms with van der Waals surface area (Å²) < 4.78 is 14.5. The average Bonchev–Trinajstić information content (AvgIpc) is 2.37. The van der Waals surface area contributed by atoms with Crippen LogP contribution in [0.25, 0.3) is 0 Å². The molecule has 1 atom stereocenters. The van der Waals surface area contributed by atoms with E-state index < -0.39 is 11.9 Å². The van der Waals surface area contributed by atoms with E-state index >= 15 is 0 Å².